The van der Waals surface area contributed by atoms with E-state index in [2.05, 4.69) is 11.4 Å². The first-order chi connectivity index (χ1) is 11.0. The average Bonchev–Trinajstić information content (AvgIpc) is 2.54. The number of benzene rings is 2. The molecule has 2 aromatic rings. The van der Waals surface area contributed by atoms with Gasteiger partial charge in [-0.15, -0.1) is 0 Å². The molecule has 0 atom stereocenters. The first-order valence-electron chi connectivity index (χ1n) is 7.36. The van der Waals surface area contributed by atoms with Crippen molar-refractivity contribution in [2.75, 3.05) is 14.2 Å². The van der Waals surface area contributed by atoms with E-state index in [0.717, 1.165) is 16.9 Å². The van der Waals surface area contributed by atoms with E-state index in [9.17, 15) is 4.39 Å². The maximum absolute atomic E-state index is 12.9. The lowest BCUT2D eigenvalue weighted by Crippen LogP contribution is -2.36. The topological polar surface area (TPSA) is 24.5 Å². The molecule has 23 heavy (non-hydrogen) atoms. The van der Waals surface area contributed by atoms with Crippen LogP contribution in [0.4, 0.5) is 4.39 Å². The third-order valence-electron chi connectivity index (χ3n) is 3.55. The summed E-state index contributed by atoms with van der Waals surface area (Å²) in [5.74, 6) is 0.615. The Morgan fingerprint density at radius 2 is 1.91 bits per heavy atom. The van der Waals surface area contributed by atoms with Gasteiger partial charge in [0.05, 0.1) is 7.11 Å². The largest absolute Gasteiger partial charge is 0.496 e. The molecule has 0 saturated heterocycles. The molecule has 0 heterocycles. The number of thiocarbonyl (C=S) groups is 1. The number of ether oxygens (including phenoxy) is 1. The molecule has 0 aliphatic heterocycles. The minimum absolute atomic E-state index is 0.236. The summed E-state index contributed by atoms with van der Waals surface area (Å²) in [6.45, 7) is 3.27. The molecule has 0 spiro atoms. The van der Waals surface area contributed by atoms with E-state index < -0.39 is 0 Å². The van der Waals surface area contributed by atoms with Crippen molar-refractivity contribution in [1.29, 1.82) is 0 Å². The number of halogens is 1. The summed E-state index contributed by atoms with van der Waals surface area (Å²) >= 11 is 5.41. The van der Waals surface area contributed by atoms with Gasteiger partial charge in [-0.25, -0.2) is 4.39 Å². The summed E-state index contributed by atoms with van der Waals surface area (Å²) in [6, 6.07) is 12.5. The number of methoxy groups -OCH3 is 1. The van der Waals surface area contributed by atoms with Crippen LogP contribution in [0.15, 0.2) is 42.5 Å². The number of hydrogen-bond donors (Lipinski definition) is 1. The summed E-state index contributed by atoms with van der Waals surface area (Å²) in [4.78, 5) is 1.95. The van der Waals surface area contributed by atoms with Gasteiger partial charge in [-0.2, -0.15) is 0 Å². The molecular formula is C18H21FN2OS. The van der Waals surface area contributed by atoms with Crippen LogP contribution < -0.4 is 10.1 Å². The fourth-order valence-electron chi connectivity index (χ4n) is 2.27. The Kier molecular flexibility index (Phi) is 5.93. The number of rotatable bonds is 5. The second-order valence-electron chi connectivity index (χ2n) is 5.46. The first-order valence-corrected chi connectivity index (χ1v) is 7.77. The highest BCUT2D eigenvalue weighted by Gasteiger charge is 2.09. The molecule has 1 N–H and O–H groups in total. The van der Waals surface area contributed by atoms with E-state index in [-0.39, 0.29) is 5.82 Å². The molecule has 0 saturated carbocycles. The second-order valence-corrected chi connectivity index (χ2v) is 5.84. The molecule has 2 aromatic carbocycles. The van der Waals surface area contributed by atoms with Crippen molar-refractivity contribution in [2.45, 2.75) is 20.0 Å². The quantitative estimate of drug-likeness (QED) is 0.845. The van der Waals surface area contributed by atoms with Gasteiger partial charge in [0.1, 0.15) is 11.6 Å². The standard InChI is InChI=1S/C18H21FN2OS/c1-13-4-9-17(22-3)15(10-13)12-21(2)18(23)20-11-14-5-7-16(19)8-6-14/h4-10H,11-12H2,1-3H3,(H,20,23). The van der Waals surface area contributed by atoms with Crippen molar-refractivity contribution in [1.82, 2.24) is 10.2 Å². The van der Waals surface area contributed by atoms with Gasteiger partial charge in [0.25, 0.3) is 0 Å². The number of hydrogen-bond acceptors (Lipinski definition) is 2. The Balaban J connectivity index is 1.94. The van der Waals surface area contributed by atoms with Crippen molar-refractivity contribution in [3.63, 3.8) is 0 Å². The summed E-state index contributed by atoms with van der Waals surface area (Å²) < 4.78 is 18.3. The number of nitrogens with one attached hydrogen (secondary N) is 1. The molecule has 3 nitrogen and oxygen atoms in total. The molecule has 122 valence electrons. The van der Waals surface area contributed by atoms with Gasteiger partial charge in [-0.05, 0) is 42.9 Å². The molecule has 0 unspecified atom stereocenters. The first kappa shape index (κ1) is 17.2. The van der Waals surface area contributed by atoms with Crippen LogP contribution >= 0.6 is 12.2 Å². The molecule has 0 amide bonds. The van der Waals surface area contributed by atoms with Crippen LogP contribution in [-0.2, 0) is 13.1 Å². The highest BCUT2D eigenvalue weighted by Crippen LogP contribution is 2.21. The lowest BCUT2D eigenvalue weighted by molar-refractivity contribution is 0.397. The van der Waals surface area contributed by atoms with Crippen molar-refractivity contribution in [3.05, 3.63) is 65.0 Å². The second kappa shape index (κ2) is 7.92. The van der Waals surface area contributed by atoms with E-state index in [0.29, 0.717) is 18.2 Å². The van der Waals surface area contributed by atoms with Gasteiger partial charge < -0.3 is 15.0 Å². The Bertz CT molecular complexity index is 673. The molecule has 2 rings (SSSR count). The van der Waals surface area contributed by atoms with Crippen LogP contribution in [0.1, 0.15) is 16.7 Å². The third-order valence-corrected chi connectivity index (χ3v) is 4.00. The minimum Gasteiger partial charge on any atom is -0.496 e. The highest BCUT2D eigenvalue weighted by atomic mass is 32.1. The molecule has 5 heteroatoms. The average molecular weight is 332 g/mol. The fourth-order valence-corrected chi connectivity index (χ4v) is 2.41. The van der Waals surface area contributed by atoms with Crippen LogP contribution in [-0.4, -0.2) is 24.2 Å². The SMILES string of the molecule is COc1ccc(C)cc1CN(C)C(=S)NCc1ccc(F)cc1. The molecule has 0 fully saturated rings. The van der Waals surface area contributed by atoms with E-state index >= 15 is 0 Å². The monoisotopic (exact) mass is 332 g/mol. The van der Waals surface area contributed by atoms with Gasteiger partial charge in [-0.1, -0.05) is 29.8 Å². The third kappa shape index (κ3) is 4.93. The zero-order valence-electron chi connectivity index (χ0n) is 13.6. The van der Waals surface area contributed by atoms with Gasteiger partial charge >= 0.3 is 0 Å². The van der Waals surface area contributed by atoms with Crippen LogP contribution in [0.2, 0.25) is 0 Å². The summed E-state index contributed by atoms with van der Waals surface area (Å²) in [6.07, 6.45) is 0. The Morgan fingerprint density at radius 3 is 2.57 bits per heavy atom. The van der Waals surface area contributed by atoms with Gasteiger partial charge in [0.2, 0.25) is 0 Å². The smallest absolute Gasteiger partial charge is 0.169 e. The Hall–Kier alpha value is -2.14. The van der Waals surface area contributed by atoms with Gasteiger partial charge in [-0.3, -0.25) is 0 Å². The minimum atomic E-state index is -0.236. The van der Waals surface area contributed by atoms with Crippen molar-refractivity contribution in [3.8, 4) is 5.75 Å². The van der Waals surface area contributed by atoms with Crippen molar-refractivity contribution in [2.24, 2.45) is 0 Å². The molecular weight excluding hydrogens is 311 g/mol. The van der Waals surface area contributed by atoms with E-state index in [1.54, 1.807) is 19.2 Å². The Morgan fingerprint density at radius 1 is 1.22 bits per heavy atom. The summed E-state index contributed by atoms with van der Waals surface area (Å²) in [7, 11) is 3.60. The lowest BCUT2D eigenvalue weighted by atomic mass is 10.1. The van der Waals surface area contributed by atoms with Crippen molar-refractivity contribution < 1.29 is 9.13 Å². The normalized spacial score (nSPS) is 10.3. The molecule has 0 aromatic heterocycles. The molecule has 0 bridgehead atoms. The van der Waals surface area contributed by atoms with E-state index in [4.69, 9.17) is 17.0 Å². The number of nitrogens with zero attached hydrogens (tertiary/aromatic N) is 1. The van der Waals surface area contributed by atoms with Crippen LogP contribution in [0.5, 0.6) is 5.75 Å². The summed E-state index contributed by atoms with van der Waals surface area (Å²) in [5.41, 5.74) is 3.25. The predicted molar refractivity (Wildman–Crippen MR) is 95.0 cm³/mol. The molecule has 0 aliphatic rings. The zero-order chi connectivity index (χ0) is 16.8. The molecule has 0 aliphatic carbocycles. The number of aryl methyl sites for hydroxylation is 1. The van der Waals surface area contributed by atoms with E-state index in [1.807, 2.05) is 31.0 Å². The zero-order valence-corrected chi connectivity index (χ0v) is 14.4. The fraction of sp³-hybridized carbons (Fsp3) is 0.278. The van der Waals surface area contributed by atoms with E-state index in [1.165, 1.54) is 17.7 Å². The van der Waals surface area contributed by atoms with Gasteiger partial charge in [0.15, 0.2) is 5.11 Å². The Labute approximate surface area is 142 Å². The predicted octanol–water partition coefficient (Wildman–Crippen LogP) is 3.65. The highest BCUT2D eigenvalue weighted by molar-refractivity contribution is 7.80. The van der Waals surface area contributed by atoms with Crippen molar-refractivity contribution >= 4 is 17.3 Å². The maximum atomic E-state index is 12.9. The van der Waals surface area contributed by atoms with Crippen LogP contribution in [0.25, 0.3) is 0 Å². The summed E-state index contributed by atoms with van der Waals surface area (Å²) in [5, 5.41) is 3.82. The maximum Gasteiger partial charge on any atom is 0.169 e. The molecule has 0 radical (unpaired) electrons. The van der Waals surface area contributed by atoms with Gasteiger partial charge in [0, 0.05) is 25.7 Å². The lowest BCUT2D eigenvalue weighted by Gasteiger charge is -2.22. The van der Waals surface area contributed by atoms with Crippen LogP contribution in [0, 0.1) is 12.7 Å². The van der Waals surface area contributed by atoms with Crippen LogP contribution in [0.3, 0.4) is 0 Å².